The van der Waals surface area contributed by atoms with Crippen molar-refractivity contribution in [2.45, 2.75) is 245 Å². The van der Waals surface area contributed by atoms with E-state index in [0.717, 1.165) is 128 Å². The van der Waals surface area contributed by atoms with Gasteiger partial charge in [0.1, 0.15) is 13.2 Å². The van der Waals surface area contributed by atoms with Crippen molar-refractivity contribution < 1.29 is 28.6 Å². The molecule has 6 heteroatoms. The zero-order valence-electron chi connectivity index (χ0n) is 43.4. The van der Waals surface area contributed by atoms with Gasteiger partial charge in [-0.15, -0.1) is 0 Å². The van der Waals surface area contributed by atoms with Gasteiger partial charge in [0.15, 0.2) is 6.10 Å². The molecule has 0 aliphatic carbocycles. The summed E-state index contributed by atoms with van der Waals surface area (Å²) in [6.45, 7) is 6.33. The summed E-state index contributed by atoms with van der Waals surface area (Å²) in [5, 5.41) is 0. The number of unbranched alkanes of at least 4 members (excludes halogenated alkanes) is 19. The Balaban J connectivity index is 4.47. The minimum atomic E-state index is -0.808. The van der Waals surface area contributed by atoms with E-state index in [0.29, 0.717) is 19.3 Å². The predicted molar refractivity (Wildman–Crippen MR) is 288 cm³/mol. The highest BCUT2D eigenvalue weighted by Gasteiger charge is 2.19. The van der Waals surface area contributed by atoms with Crippen molar-refractivity contribution in [1.82, 2.24) is 0 Å². The molecule has 380 valence electrons. The summed E-state index contributed by atoms with van der Waals surface area (Å²) in [5.41, 5.74) is 0. The zero-order chi connectivity index (χ0) is 48.6. The molecule has 0 aliphatic rings. The molecule has 0 unspecified atom stereocenters. The van der Waals surface area contributed by atoms with E-state index in [1.54, 1.807) is 0 Å². The summed E-state index contributed by atoms with van der Waals surface area (Å²) in [6.07, 6.45) is 73.6. The van der Waals surface area contributed by atoms with Gasteiger partial charge in [0.2, 0.25) is 0 Å². The normalized spacial score (nSPS) is 12.9. The molecular weight excluding hydrogens is 829 g/mol. The molecule has 0 rings (SSSR count). The van der Waals surface area contributed by atoms with Crippen molar-refractivity contribution in [2.75, 3.05) is 13.2 Å². The number of carbonyl (C=O) groups excluding carboxylic acids is 3. The minimum Gasteiger partial charge on any atom is -0.462 e. The number of ether oxygens (including phenoxy) is 3. The third kappa shape index (κ3) is 52.9. The summed E-state index contributed by atoms with van der Waals surface area (Å²) >= 11 is 0. The monoisotopic (exact) mass is 929 g/mol. The summed E-state index contributed by atoms with van der Waals surface area (Å²) in [7, 11) is 0. The smallest absolute Gasteiger partial charge is 0.306 e. The lowest BCUT2D eigenvalue weighted by atomic mass is 10.1. The topological polar surface area (TPSA) is 78.9 Å². The van der Waals surface area contributed by atoms with Crippen LogP contribution in [0.2, 0.25) is 0 Å². The fourth-order valence-corrected chi connectivity index (χ4v) is 7.18. The van der Waals surface area contributed by atoms with Crippen LogP contribution in [0.1, 0.15) is 239 Å². The lowest BCUT2D eigenvalue weighted by molar-refractivity contribution is -0.167. The Morgan fingerprint density at radius 1 is 0.313 bits per heavy atom. The Morgan fingerprint density at radius 3 is 0.940 bits per heavy atom. The van der Waals surface area contributed by atoms with Crippen LogP contribution in [0.4, 0.5) is 0 Å². The average molecular weight is 929 g/mol. The quantitative estimate of drug-likeness (QED) is 0.0262. The van der Waals surface area contributed by atoms with E-state index in [1.807, 2.05) is 0 Å². The van der Waals surface area contributed by atoms with Gasteiger partial charge in [-0.2, -0.15) is 0 Å². The molecule has 0 bridgehead atoms. The first-order chi connectivity index (χ1) is 33.0. The molecule has 67 heavy (non-hydrogen) atoms. The second-order valence-corrected chi connectivity index (χ2v) is 17.7. The fourth-order valence-electron chi connectivity index (χ4n) is 7.18. The maximum atomic E-state index is 12.8. The van der Waals surface area contributed by atoms with E-state index in [9.17, 15) is 14.4 Å². The Morgan fingerprint density at radius 2 is 0.582 bits per heavy atom. The number of allylic oxidation sites excluding steroid dienone is 18. The largest absolute Gasteiger partial charge is 0.462 e. The van der Waals surface area contributed by atoms with Crippen LogP contribution in [0.3, 0.4) is 0 Å². The Kier molecular flexibility index (Phi) is 51.5. The second-order valence-electron chi connectivity index (χ2n) is 17.7. The van der Waals surface area contributed by atoms with Crippen molar-refractivity contribution in [1.29, 1.82) is 0 Å². The third-order valence-electron chi connectivity index (χ3n) is 11.2. The minimum absolute atomic E-state index is 0.102. The van der Waals surface area contributed by atoms with Gasteiger partial charge >= 0.3 is 17.9 Å². The average Bonchev–Trinajstić information content (AvgIpc) is 3.33. The Bertz CT molecular complexity index is 1390. The molecule has 0 aromatic heterocycles. The molecular formula is C61H100O6. The van der Waals surface area contributed by atoms with E-state index in [4.69, 9.17) is 14.2 Å². The van der Waals surface area contributed by atoms with Crippen molar-refractivity contribution in [3.05, 3.63) is 109 Å². The van der Waals surface area contributed by atoms with Crippen LogP contribution in [0, 0.1) is 0 Å². The SMILES string of the molecule is CC/C=C\C/C=C\C/C=C\C/C=C\CCCCC(=O)OC[C@H](COC(=O)CCCCCCCCCCC/C=C\C/C=C\CCCCC)OC(=O)CCCCCCC/C=C\C/C=C\C/C=C\CC. The molecule has 0 saturated heterocycles. The van der Waals surface area contributed by atoms with Crippen LogP contribution in [0.5, 0.6) is 0 Å². The second kappa shape index (κ2) is 54.7. The first-order valence-electron chi connectivity index (χ1n) is 27.4. The zero-order valence-corrected chi connectivity index (χ0v) is 43.4. The van der Waals surface area contributed by atoms with Gasteiger partial charge in [0.05, 0.1) is 0 Å². The fraction of sp³-hybridized carbons (Fsp3) is 0.656. The first-order valence-corrected chi connectivity index (χ1v) is 27.4. The molecule has 1 atom stereocenters. The van der Waals surface area contributed by atoms with Gasteiger partial charge in [-0.25, -0.2) is 0 Å². The molecule has 0 saturated carbocycles. The number of hydrogen-bond donors (Lipinski definition) is 0. The van der Waals surface area contributed by atoms with Crippen LogP contribution in [-0.4, -0.2) is 37.2 Å². The highest BCUT2D eigenvalue weighted by molar-refractivity contribution is 5.71. The number of carbonyl (C=O) groups is 3. The van der Waals surface area contributed by atoms with E-state index in [2.05, 4.69) is 130 Å². The van der Waals surface area contributed by atoms with Crippen LogP contribution in [-0.2, 0) is 28.6 Å². The highest BCUT2D eigenvalue weighted by Crippen LogP contribution is 2.14. The Labute approximate surface area is 412 Å². The van der Waals surface area contributed by atoms with Gasteiger partial charge in [-0.05, 0) is 122 Å². The van der Waals surface area contributed by atoms with Gasteiger partial charge in [0, 0.05) is 19.3 Å². The molecule has 0 fully saturated rings. The van der Waals surface area contributed by atoms with E-state index in [1.165, 1.54) is 70.6 Å². The van der Waals surface area contributed by atoms with Gasteiger partial charge < -0.3 is 14.2 Å². The lowest BCUT2D eigenvalue weighted by Crippen LogP contribution is -2.30. The first kappa shape index (κ1) is 63.1. The van der Waals surface area contributed by atoms with Gasteiger partial charge in [-0.3, -0.25) is 14.4 Å². The summed E-state index contributed by atoms with van der Waals surface area (Å²) in [4.78, 5) is 38.1. The lowest BCUT2D eigenvalue weighted by Gasteiger charge is -2.18. The molecule has 0 spiro atoms. The van der Waals surface area contributed by atoms with Crippen molar-refractivity contribution in [2.24, 2.45) is 0 Å². The molecule has 0 radical (unpaired) electrons. The van der Waals surface area contributed by atoms with E-state index in [-0.39, 0.29) is 31.1 Å². The predicted octanol–water partition coefficient (Wildman–Crippen LogP) is 18.3. The summed E-state index contributed by atoms with van der Waals surface area (Å²) in [5.74, 6) is -0.969. The third-order valence-corrected chi connectivity index (χ3v) is 11.2. The van der Waals surface area contributed by atoms with E-state index >= 15 is 0 Å². The van der Waals surface area contributed by atoms with Gasteiger partial charge in [-0.1, -0.05) is 207 Å². The van der Waals surface area contributed by atoms with Crippen molar-refractivity contribution >= 4 is 17.9 Å². The van der Waals surface area contributed by atoms with Crippen molar-refractivity contribution in [3.63, 3.8) is 0 Å². The highest BCUT2D eigenvalue weighted by atomic mass is 16.6. The molecule has 6 nitrogen and oxygen atoms in total. The van der Waals surface area contributed by atoms with Crippen LogP contribution >= 0.6 is 0 Å². The molecule has 0 aliphatic heterocycles. The van der Waals surface area contributed by atoms with Gasteiger partial charge in [0.25, 0.3) is 0 Å². The number of hydrogen-bond acceptors (Lipinski definition) is 6. The van der Waals surface area contributed by atoms with Crippen LogP contribution in [0.25, 0.3) is 0 Å². The molecule has 0 aromatic carbocycles. The Hall–Kier alpha value is -3.93. The van der Waals surface area contributed by atoms with Crippen molar-refractivity contribution in [3.8, 4) is 0 Å². The number of esters is 3. The molecule has 0 heterocycles. The van der Waals surface area contributed by atoms with Crippen LogP contribution < -0.4 is 0 Å². The number of rotatable bonds is 48. The maximum Gasteiger partial charge on any atom is 0.306 e. The maximum absolute atomic E-state index is 12.8. The summed E-state index contributed by atoms with van der Waals surface area (Å²) in [6, 6.07) is 0. The summed E-state index contributed by atoms with van der Waals surface area (Å²) < 4.78 is 16.8. The standard InChI is InChI=1S/C61H100O6/c1-4-7-10-13-16-19-22-25-28-29-30-31-34-36-39-42-45-48-51-54-60(63)66-57-58(67-61(64)55-52-49-46-43-40-37-33-27-24-21-18-15-12-9-6-3)56-65-59(62)53-50-47-44-41-38-35-32-26-23-20-17-14-11-8-5-2/h8-9,11-12,16-21,25-28,32-33,38,41,58H,4-7,10,13-15,22-24,29-31,34-37,39-40,42-57H2,1-3H3/b11-8-,12-9-,19-16-,20-17-,21-18-,28-25-,32-26-,33-27-,41-38-/t58-/m1/s1. The van der Waals surface area contributed by atoms with E-state index < -0.39 is 6.10 Å². The van der Waals surface area contributed by atoms with Crippen LogP contribution in [0.15, 0.2) is 109 Å². The molecule has 0 amide bonds. The molecule has 0 N–H and O–H groups in total. The molecule has 0 aromatic rings.